The van der Waals surface area contributed by atoms with Crippen molar-refractivity contribution in [3.05, 3.63) is 71.0 Å². The Kier molecular flexibility index (Phi) is 4.82. The van der Waals surface area contributed by atoms with Gasteiger partial charge in [0.15, 0.2) is 0 Å². The Hall–Kier alpha value is -3.58. The number of hydrogen-bond acceptors (Lipinski definition) is 4. The van der Waals surface area contributed by atoms with E-state index in [1.165, 1.54) is 7.11 Å². The number of benzene rings is 2. The van der Waals surface area contributed by atoms with Crippen LogP contribution in [0.3, 0.4) is 0 Å². The van der Waals surface area contributed by atoms with E-state index < -0.39 is 11.9 Å². The number of nitrogens with zero attached hydrogens (tertiary/aromatic N) is 2. The van der Waals surface area contributed by atoms with Gasteiger partial charge < -0.3 is 14.6 Å². The summed E-state index contributed by atoms with van der Waals surface area (Å²) in [5, 5.41) is 3.86. The highest BCUT2D eigenvalue weighted by Crippen LogP contribution is 2.27. The smallest absolute Gasteiger partial charge is 0.333 e. The van der Waals surface area contributed by atoms with E-state index >= 15 is 0 Å². The number of hydrogen-bond donors (Lipinski definition) is 1. The molecule has 0 radical (unpaired) electrons. The van der Waals surface area contributed by atoms with E-state index in [9.17, 15) is 14.4 Å². The third-order valence-electron chi connectivity index (χ3n) is 4.59. The minimum Gasteiger partial charge on any atom is -0.468 e. The number of carbonyl (C=O) groups excluding carboxylic acids is 3. The number of urea groups is 1. The molecule has 29 heavy (non-hydrogen) atoms. The Labute approximate surface area is 171 Å². The zero-order valence-electron chi connectivity index (χ0n) is 15.4. The van der Waals surface area contributed by atoms with Crippen LogP contribution in [0.1, 0.15) is 5.56 Å². The molecule has 1 aliphatic rings. The summed E-state index contributed by atoms with van der Waals surface area (Å²) in [4.78, 5) is 38.0. The Balaban J connectivity index is 1.73. The molecule has 0 unspecified atom stereocenters. The fourth-order valence-electron chi connectivity index (χ4n) is 3.26. The summed E-state index contributed by atoms with van der Waals surface area (Å²) >= 11 is 5.98. The molecular weight excluding hydrogens is 394 g/mol. The number of imide groups is 1. The maximum absolute atomic E-state index is 12.8. The third-order valence-corrected chi connectivity index (χ3v) is 4.83. The van der Waals surface area contributed by atoms with E-state index in [4.69, 9.17) is 16.3 Å². The molecule has 0 saturated carbocycles. The van der Waals surface area contributed by atoms with Gasteiger partial charge >= 0.3 is 12.0 Å². The predicted octanol–water partition coefficient (Wildman–Crippen LogP) is 3.57. The van der Waals surface area contributed by atoms with Gasteiger partial charge in [0.25, 0.3) is 5.91 Å². The quantitative estimate of drug-likeness (QED) is 0.406. The van der Waals surface area contributed by atoms with Crippen LogP contribution in [0, 0.1) is 0 Å². The highest BCUT2D eigenvalue weighted by atomic mass is 35.5. The Bertz CT molecular complexity index is 1180. The van der Waals surface area contributed by atoms with Crippen LogP contribution in [0.15, 0.2) is 60.4 Å². The van der Waals surface area contributed by atoms with Crippen LogP contribution < -0.4 is 10.2 Å². The molecule has 1 fully saturated rings. The zero-order valence-corrected chi connectivity index (χ0v) is 16.1. The summed E-state index contributed by atoms with van der Waals surface area (Å²) in [7, 11) is 1.33. The molecule has 0 atom stereocenters. The second kappa shape index (κ2) is 7.44. The second-order valence-electron chi connectivity index (χ2n) is 6.41. The average molecular weight is 410 g/mol. The topological polar surface area (TPSA) is 80.6 Å². The normalized spacial score (nSPS) is 15.2. The first-order valence-corrected chi connectivity index (χ1v) is 9.13. The van der Waals surface area contributed by atoms with Gasteiger partial charge in [0.2, 0.25) is 0 Å². The van der Waals surface area contributed by atoms with Gasteiger partial charge in [-0.15, -0.1) is 0 Å². The number of esters is 1. The van der Waals surface area contributed by atoms with Crippen LogP contribution in [0.25, 0.3) is 17.0 Å². The first-order chi connectivity index (χ1) is 14.0. The lowest BCUT2D eigenvalue weighted by Gasteiger charge is -2.11. The molecule has 2 heterocycles. The summed E-state index contributed by atoms with van der Waals surface area (Å²) in [6.45, 7) is 0.0368. The van der Waals surface area contributed by atoms with E-state index in [2.05, 4.69) is 5.32 Å². The van der Waals surface area contributed by atoms with Crippen molar-refractivity contribution >= 4 is 52.2 Å². The SMILES string of the molecule is COC(=O)Cn1cc(C=C2NC(=O)N(c3cccc(Cl)c3)C2=O)c2ccccc21. The maximum Gasteiger partial charge on any atom is 0.333 e. The van der Waals surface area contributed by atoms with Crippen LogP contribution in [-0.2, 0) is 20.9 Å². The molecule has 1 aliphatic heterocycles. The van der Waals surface area contributed by atoms with Gasteiger partial charge in [-0.25, -0.2) is 9.69 Å². The minimum absolute atomic E-state index is 0.0368. The molecule has 4 rings (SSSR count). The Morgan fingerprint density at radius 1 is 1.17 bits per heavy atom. The predicted molar refractivity (Wildman–Crippen MR) is 109 cm³/mol. The molecule has 146 valence electrons. The third kappa shape index (κ3) is 3.48. The van der Waals surface area contributed by atoms with Gasteiger partial charge in [0, 0.05) is 27.7 Å². The summed E-state index contributed by atoms with van der Waals surface area (Å²) in [5.41, 5.74) is 2.03. The van der Waals surface area contributed by atoms with Crippen molar-refractivity contribution in [1.82, 2.24) is 9.88 Å². The van der Waals surface area contributed by atoms with E-state index in [0.29, 0.717) is 16.3 Å². The van der Waals surface area contributed by atoms with Gasteiger partial charge in [-0.05, 0) is 30.3 Å². The van der Waals surface area contributed by atoms with E-state index in [1.807, 2.05) is 24.3 Å². The number of carbonyl (C=O) groups is 3. The summed E-state index contributed by atoms with van der Waals surface area (Å²) in [6.07, 6.45) is 3.34. The molecule has 2 aromatic carbocycles. The minimum atomic E-state index is -0.554. The fourth-order valence-corrected chi connectivity index (χ4v) is 3.45. The second-order valence-corrected chi connectivity index (χ2v) is 6.85. The maximum atomic E-state index is 12.8. The number of methoxy groups -OCH3 is 1. The molecule has 0 spiro atoms. The lowest BCUT2D eigenvalue weighted by atomic mass is 10.1. The van der Waals surface area contributed by atoms with Crippen LogP contribution in [0.4, 0.5) is 10.5 Å². The Morgan fingerprint density at radius 2 is 1.97 bits per heavy atom. The molecule has 0 bridgehead atoms. The van der Waals surface area contributed by atoms with Crippen molar-refractivity contribution in [2.75, 3.05) is 12.0 Å². The molecule has 3 amide bonds. The molecule has 7 nitrogen and oxygen atoms in total. The zero-order chi connectivity index (χ0) is 20.5. The number of nitrogens with one attached hydrogen (secondary N) is 1. The molecule has 0 aliphatic carbocycles. The summed E-state index contributed by atoms with van der Waals surface area (Å²) in [6, 6.07) is 13.4. The van der Waals surface area contributed by atoms with Crippen molar-refractivity contribution in [2.45, 2.75) is 6.54 Å². The van der Waals surface area contributed by atoms with Crippen molar-refractivity contribution in [3.8, 4) is 0 Å². The van der Waals surface area contributed by atoms with Crippen LogP contribution >= 0.6 is 11.6 Å². The van der Waals surface area contributed by atoms with Crippen molar-refractivity contribution in [2.24, 2.45) is 0 Å². The number of fused-ring (bicyclic) bond motifs is 1. The van der Waals surface area contributed by atoms with Crippen LogP contribution in [-0.4, -0.2) is 29.6 Å². The fraction of sp³-hybridized carbons (Fsp3) is 0.0952. The van der Waals surface area contributed by atoms with E-state index in [-0.39, 0.29) is 18.2 Å². The monoisotopic (exact) mass is 409 g/mol. The molecule has 1 N–H and O–H groups in total. The average Bonchev–Trinajstić information content (AvgIpc) is 3.19. The highest BCUT2D eigenvalue weighted by Gasteiger charge is 2.35. The molecule has 8 heteroatoms. The summed E-state index contributed by atoms with van der Waals surface area (Å²) in [5.74, 6) is -0.871. The number of aromatic nitrogens is 1. The number of rotatable bonds is 4. The van der Waals surface area contributed by atoms with E-state index in [1.54, 1.807) is 41.1 Å². The molecule has 1 aromatic heterocycles. The lowest BCUT2D eigenvalue weighted by Crippen LogP contribution is -2.30. The van der Waals surface area contributed by atoms with Crippen LogP contribution in [0.2, 0.25) is 5.02 Å². The number of halogens is 1. The van der Waals surface area contributed by atoms with Gasteiger partial charge in [-0.3, -0.25) is 9.59 Å². The van der Waals surface area contributed by atoms with Gasteiger partial charge in [-0.1, -0.05) is 35.9 Å². The van der Waals surface area contributed by atoms with Crippen LogP contribution in [0.5, 0.6) is 0 Å². The number of para-hydroxylation sites is 1. The largest absolute Gasteiger partial charge is 0.468 e. The lowest BCUT2D eigenvalue weighted by molar-refractivity contribution is -0.141. The number of amides is 3. The number of ether oxygens (including phenoxy) is 1. The first-order valence-electron chi connectivity index (χ1n) is 8.75. The highest BCUT2D eigenvalue weighted by molar-refractivity contribution is 6.32. The number of anilines is 1. The van der Waals surface area contributed by atoms with Crippen molar-refractivity contribution < 1.29 is 19.1 Å². The van der Waals surface area contributed by atoms with Crippen molar-refractivity contribution in [1.29, 1.82) is 0 Å². The standard InChI is InChI=1S/C21H16ClN3O4/c1-29-19(26)12-24-11-13(16-7-2-3-8-18(16)24)9-17-20(27)25(21(28)23-17)15-6-4-5-14(22)10-15/h2-11H,12H2,1H3,(H,23,28). The Morgan fingerprint density at radius 3 is 2.72 bits per heavy atom. The molecule has 3 aromatic rings. The van der Waals surface area contributed by atoms with Gasteiger partial charge in [-0.2, -0.15) is 0 Å². The van der Waals surface area contributed by atoms with Gasteiger partial charge in [0.05, 0.1) is 12.8 Å². The molecule has 1 saturated heterocycles. The first kappa shape index (κ1) is 18.8. The molecular formula is C21H16ClN3O4. The van der Waals surface area contributed by atoms with E-state index in [0.717, 1.165) is 15.8 Å². The van der Waals surface area contributed by atoms with Gasteiger partial charge in [0.1, 0.15) is 12.2 Å². The van der Waals surface area contributed by atoms with Crippen molar-refractivity contribution in [3.63, 3.8) is 0 Å². The summed E-state index contributed by atoms with van der Waals surface area (Å²) < 4.78 is 6.49.